The molecule has 1 heterocycles. The highest BCUT2D eigenvalue weighted by Gasteiger charge is 2.24. The number of aliphatic hydroxyl groups excluding tert-OH is 1. The molecule has 1 aliphatic rings. The van der Waals surface area contributed by atoms with E-state index in [4.69, 9.17) is 0 Å². The van der Waals surface area contributed by atoms with Gasteiger partial charge in [0.25, 0.3) is 0 Å². The Balaban J connectivity index is 2.36. The van der Waals surface area contributed by atoms with Crippen LogP contribution in [0.15, 0.2) is 18.2 Å². The Morgan fingerprint density at radius 2 is 2.29 bits per heavy atom. The Morgan fingerprint density at radius 1 is 1.43 bits per heavy atom. The molecule has 0 fully saturated rings. The molecule has 0 unspecified atom stereocenters. The lowest BCUT2D eigenvalue weighted by atomic mass is 10.1. The maximum absolute atomic E-state index is 9.72. The summed E-state index contributed by atoms with van der Waals surface area (Å²) < 4.78 is 0. The highest BCUT2D eigenvalue weighted by atomic mass is 16.3. The minimum absolute atomic E-state index is 0.280. The molecule has 1 aromatic heterocycles. The zero-order valence-corrected chi connectivity index (χ0v) is 8.17. The first-order valence-electron chi connectivity index (χ1n) is 5.05. The van der Waals surface area contributed by atoms with Crippen molar-refractivity contribution in [3.05, 3.63) is 35.0 Å². The van der Waals surface area contributed by atoms with Crippen molar-refractivity contribution < 1.29 is 5.11 Å². The number of fused-ring (bicyclic) bond motifs is 3. The summed E-state index contributed by atoms with van der Waals surface area (Å²) in [6.45, 7) is 2.10. The lowest BCUT2D eigenvalue weighted by molar-refractivity contribution is 0.176. The maximum atomic E-state index is 9.72. The second-order valence-corrected chi connectivity index (χ2v) is 4.12. The summed E-state index contributed by atoms with van der Waals surface area (Å²) in [5.41, 5.74) is 4.78. The van der Waals surface area contributed by atoms with Crippen LogP contribution in [0.4, 0.5) is 0 Å². The van der Waals surface area contributed by atoms with E-state index in [1.807, 2.05) is 0 Å². The molecule has 0 spiro atoms. The van der Waals surface area contributed by atoms with Gasteiger partial charge in [0.1, 0.15) is 0 Å². The van der Waals surface area contributed by atoms with Gasteiger partial charge in [-0.15, -0.1) is 0 Å². The van der Waals surface area contributed by atoms with Crippen LogP contribution in [0.5, 0.6) is 0 Å². The Hall–Kier alpha value is -1.28. The Kier molecular flexibility index (Phi) is 1.50. The molecule has 0 radical (unpaired) electrons. The molecule has 0 aliphatic heterocycles. The van der Waals surface area contributed by atoms with E-state index in [-0.39, 0.29) is 6.10 Å². The number of aryl methyl sites for hydroxylation is 2. The predicted molar refractivity (Wildman–Crippen MR) is 56.3 cm³/mol. The topological polar surface area (TPSA) is 36.0 Å². The van der Waals surface area contributed by atoms with Crippen molar-refractivity contribution in [2.75, 3.05) is 0 Å². The minimum Gasteiger partial charge on any atom is -0.387 e. The number of rotatable bonds is 0. The summed E-state index contributed by atoms with van der Waals surface area (Å²) >= 11 is 0. The monoisotopic (exact) mass is 187 g/mol. The molecule has 1 aromatic carbocycles. The molecule has 72 valence electrons. The van der Waals surface area contributed by atoms with Gasteiger partial charge in [0.15, 0.2) is 0 Å². The number of benzene rings is 1. The number of aromatic nitrogens is 1. The summed E-state index contributed by atoms with van der Waals surface area (Å²) in [6, 6.07) is 6.39. The molecule has 0 saturated heterocycles. The molecule has 14 heavy (non-hydrogen) atoms. The van der Waals surface area contributed by atoms with Crippen molar-refractivity contribution in [2.45, 2.75) is 25.9 Å². The smallest absolute Gasteiger partial charge is 0.0944 e. The van der Waals surface area contributed by atoms with E-state index < -0.39 is 0 Å². The van der Waals surface area contributed by atoms with Gasteiger partial charge in [0.05, 0.1) is 6.10 Å². The molecule has 3 rings (SSSR count). The first-order valence-corrected chi connectivity index (χ1v) is 5.05. The standard InChI is InChI=1S/C12H13NO/c1-7-2-4-10-9(6-7)8-3-5-11(14)12(8)13-10/h2,4,6,11,13-14H,3,5H2,1H3/t11-/m1/s1. The molecule has 0 bridgehead atoms. The summed E-state index contributed by atoms with van der Waals surface area (Å²) in [7, 11) is 0. The summed E-state index contributed by atoms with van der Waals surface area (Å²) in [6.07, 6.45) is 1.59. The highest BCUT2D eigenvalue weighted by molar-refractivity contribution is 5.86. The fourth-order valence-electron chi connectivity index (χ4n) is 2.36. The molecule has 2 nitrogen and oxygen atoms in total. The number of hydrogen-bond donors (Lipinski definition) is 2. The largest absolute Gasteiger partial charge is 0.387 e. The molecule has 1 aliphatic carbocycles. The van der Waals surface area contributed by atoms with Gasteiger partial charge >= 0.3 is 0 Å². The van der Waals surface area contributed by atoms with Crippen LogP contribution in [0, 0.1) is 6.92 Å². The average Bonchev–Trinajstić information content (AvgIpc) is 2.67. The molecule has 0 saturated carbocycles. The summed E-state index contributed by atoms with van der Waals surface area (Å²) in [4.78, 5) is 3.30. The SMILES string of the molecule is Cc1ccc2[nH]c3c(c2c1)CC[C@H]3O. The molecule has 0 amide bonds. The third kappa shape index (κ3) is 0.946. The van der Waals surface area contributed by atoms with Crippen molar-refractivity contribution in [1.29, 1.82) is 0 Å². The van der Waals surface area contributed by atoms with Crippen LogP contribution in [-0.4, -0.2) is 10.1 Å². The van der Waals surface area contributed by atoms with E-state index in [9.17, 15) is 5.11 Å². The average molecular weight is 187 g/mol. The molecule has 2 heteroatoms. The van der Waals surface area contributed by atoms with E-state index in [1.165, 1.54) is 16.5 Å². The van der Waals surface area contributed by atoms with Crippen molar-refractivity contribution in [3.63, 3.8) is 0 Å². The number of H-pyrrole nitrogens is 1. The van der Waals surface area contributed by atoms with Gasteiger partial charge < -0.3 is 10.1 Å². The van der Waals surface area contributed by atoms with E-state index in [0.29, 0.717) is 0 Å². The first kappa shape index (κ1) is 8.06. The fourth-order valence-corrected chi connectivity index (χ4v) is 2.36. The van der Waals surface area contributed by atoms with Crippen LogP contribution >= 0.6 is 0 Å². The Labute approximate surface area is 82.6 Å². The molecular formula is C12H13NO. The van der Waals surface area contributed by atoms with Crippen LogP contribution in [0.1, 0.15) is 29.3 Å². The Morgan fingerprint density at radius 3 is 3.14 bits per heavy atom. The number of aromatic amines is 1. The van der Waals surface area contributed by atoms with Crippen LogP contribution in [0.3, 0.4) is 0 Å². The molecule has 1 atom stereocenters. The third-order valence-corrected chi connectivity index (χ3v) is 3.10. The van der Waals surface area contributed by atoms with Crippen molar-refractivity contribution >= 4 is 10.9 Å². The van der Waals surface area contributed by atoms with E-state index in [2.05, 4.69) is 30.1 Å². The van der Waals surface area contributed by atoms with Gasteiger partial charge in [-0.2, -0.15) is 0 Å². The second kappa shape index (κ2) is 2.61. The van der Waals surface area contributed by atoms with Crippen LogP contribution in [0.25, 0.3) is 10.9 Å². The third-order valence-electron chi connectivity index (χ3n) is 3.10. The minimum atomic E-state index is -0.280. The van der Waals surface area contributed by atoms with Crippen LogP contribution < -0.4 is 0 Å². The van der Waals surface area contributed by atoms with Gasteiger partial charge in [0, 0.05) is 16.6 Å². The van der Waals surface area contributed by atoms with Crippen molar-refractivity contribution in [2.24, 2.45) is 0 Å². The van der Waals surface area contributed by atoms with E-state index in [0.717, 1.165) is 24.1 Å². The number of nitrogens with one attached hydrogen (secondary N) is 1. The quantitative estimate of drug-likeness (QED) is 0.653. The van der Waals surface area contributed by atoms with Crippen molar-refractivity contribution in [3.8, 4) is 0 Å². The van der Waals surface area contributed by atoms with Crippen LogP contribution in [0.2, 0.25) is 0 Å². The fraction of sp³-hybridized carbons (Fsp3) is 0.333. The van der Waals surface area contributed by atoms with Gasteiger partial charge in [-0.1, -0.05) is 11.6 Å². The predicted octanol–water partition coefficient (Wildman–Crippen LogP) is 2.46. The molecule has 2 aromatic rings. The van der Waals surface area contributed by atoms with Crippen molar-refractivity contribution in [1.82, 2.24) is 4.98 Å². The van der Waals surface area contributed by atoms with Gasteiger partial charge in [-0.05, 0) is 37.5 Å². The number of aliphatic hydroxyl groups is 1. The zero-order valence-electron chi connectivity index (χ0n) is 8.17. The number of hydrogen-bond acceptors (Lipinski definition) is 1. The summed E-state index contributed by atoms with van der Waals surface area (Å²) in [5.74, 6) is 0. The van der Waals surface area contributed by atoms with E-state index in [1.54, 1.807) is 0 Å². The Bertz CT molecular complexity index is 498. The van der Waals surface area contributed by atoms with Crippen LogP contribution in [-0.2, 0) is 6.42 Å². The zero-order chi connectivity index (χ0) is 9.71. The maximum Gasteiger partial charge on any atom is 0.0944 e. The van der Waals surface area contributed by atoms with Gasteiger partial charge in [0.2, 0.25) is 0 Å². The first-order chi connectivity index (χ1) is 6.75. The lowest BCUT2D eigenvalue weighted by Gasteiger charge is -1.98. The van der Waals surface area contributed by atoms with E-state index >= 15 is 0 Å². The van der Waals surface area contributed by atoms with Gasteiger partial charge in [-0.25, -0.2) is 0 Å². The molecular weight excluding hydrogens is 174 g/mol. The lowest BCUT2D eigenvalue weighted by Crippen LogP contribution is -1.89. The molecule has 2 N–H and O–H groups in total. The van der Waals surface area contributed by atoms with Gasteiger partial charge in [-0.3, -0.25) is 0 Å². The normalized spacial score (nSPS) is 20.3. The highest BCUT2D eigenvalue weighted by Crippen LogP contribution is 2.36. The second-order valence-electron chi connectivity index (χ2n) is 4.12. The summed E-state index contributed by atoms with van der Waals surface area (Å²) in [5, 5.41) is 11.0.